The van der Waals surface area contributed by atoms with Gasteiger partial charge in [-0.3, -0.25) is 4.79 Å². The molecule has 154 valence electrons. The number of benzene rings is 2. The van der Waals surface area contributed by atoms with Crippen molar-refractivity contribution < 1.29 is 13.2 Å². The Bertz CT molecular complexity index is 874. The molecule has 0 radical (unpaired) electrons. The van der Waals surface area contributed by atoms with E-state index in [9.17, 15) is 13.2 Å². The molecule has 0 saturated heterocycles. The van der Waals surface area contributed by atoms with E-state index in [1.807, 2.05) is 12.1 Å². The SMILES string of the molecule is CC(C)(C)c1ccc(S(=O)(=O)NCc2ccc(C(=O)NCCN)cc2)cc1.Cl. The Kier molecular flexibility index (Phi) is 8.63. The largest absolute Gasteiger partial charge is 0.351 e. The van der Waals surface area contributed by atoms with Gasteiger partial charge in [-0.15, -0.1) is 12.4 Å². The van der Waals surface area contributed by atoms with E-state index in [0.717, 1.165) is 11.1 Å². The summed E-state index contributed by atoms with van der Waals surface area (Å²) < 4.78 is 27.5. The van der Waals surface area contributed by atoms with Crippen LogP contribution in [0.5, 0.6) is 0 Å². The average molecular weight is 426 g/mol. The number of carbonyl (C=O) groups is 1. The van der Waals surface area contributed by atoms with E-state index in [2.05, 4.69) is 30.8 Å². The molecule has 4 N–H and O–H groups in total. The number of carbonyl (C=O) groups excluding carboxylic acids is 1. The van der Waals surface area contributed by atoms with Gasteiger partial charge < -0.3 is 11.1 Å². The van der Waals surface area contributed by atoms with Gasteiger partial charge in [-0.25, -0.2) is 13.1 Å². The molecule has 2 aromatic rings. The molecule has 2 aromatic carbocycles. The van der Waals surface area contributed by atoms with Crippen molar-refractivity contribution in [1.82, 2.24) is 10.0 Å². The van der Waals surface area contributed by atoms with Crippen LogP contribution in [0.2, 0.25) is 0 Å². The highest BCUT2D eigenvalue weighted by Gasteiger charge is 2.17. The second-order valence-corrected chi connectivity index (χ2v) is 9.11. The number of hydrogen-bond acceptors (Lipinski definition) is 4. The van der Waals surface area contributed by atoms with Crippen molar-refractivity contribution in [2.75, 3.05) is 13.1 Å². The van der Waals surface area contributed by atoms with Crippen LogP contribution < -0.4 is 15.8 Å². The van der Waals surface area contributed by atoms with Crippen molar-refractivity contribution in [3.05, 3.63) is 65.2 Å². The fourth-order valence-corrected chi connectivity index (χ4v) is 3.48. The summed E-state index contributed by atoms with van der Waals surface area (Å²) in [6.45, 7) is 7.17. The first kappa shape index (κ1) is 24.1. The lowest BCUT2D eigenvalue weighted by molar-refractivity contribution is 0.0954. The summed E-state index contributed by atoms with van der Waals surface area (Å²) in [5, 5.41) is 2.69. The fourth-order valence-electron chi connectivity index (χ4n) is 2.46. The summed E-state index contributed by atoms with van der Waals surface area (Å²) >= 11 is 0. The van der Waals surface area contributed by atoms with E-state index in [-0.39, 0.29) is 35.2 Å². The van der Waals surface area contributed by atoms with Gasteiger partial charge in [-0.05, 0) is 40.8 Å². The summed E-state index contributed by atoms with van der Waals surface area (Å²) in [6.07, 6.45) is 0. The quantitative estimate of drug-likeness (QED) is 0.634. The number of sulfonamides is 1. The molecule has 0 spiro atoms. The first-order chi connectivity index (χ1) is 12.6. The highest BCUT2D eigenvalue weighted by atomic mass is 35.5. The van der Waals surface area contributed by atoms with E-state index in [1.165, 1.54) is 0 Å². The third-order valence-electron chi connectivity index (χ3n) is 4.14. The van der Waals surface area contributed by atoms with Crippen LogP contribution in [0.4, 0.5) is 0 Å². The van der Waals surface area contributed by atoms with Crippen molar-refractivity contribution in [2.45, 2.75) is 37.6 Å². The van der Waals surface area contributed by atoms with Gasteiger partial charge in [-0.1, -0.05) is 45.0 Å². The number of amides is 1. The second-order valence-electron chi connectivity index (χ2n) is 7.34. The minimum absolute atomic E-state index is 0. The Balaban J connectivity index is 0.00000392. The Labute approximate surface area is 173 Å². The highest BCUT2D eigenvalue weighted by molar-refractivity contribution is 7.89. The zero-order valence-corrected chi connectivity index (χ0v) is 18.0. The maximum atomic E-state index is 12.5. The van der Waals surface area contributed by atoms with Crippen LogP contribution in [0.25, 0.3) is 0 Å². The molecular formula is C20H28ClN3O3S. The van der Waals surface area contributed by atoms with Crippen molar-refractivity contribution >= 4 is 28.3 Å². The molecule has 0 atom stereocenters. The number of rotatable bonds is 7. The minimum atomic E-state index is -3.60. The molecule has 0 aliphatic carbocycles. The van der Waals surface area contributed by atoms with E-state index in [4.69, 9.17) is 5.73 Å². The van der Waals surface area contributed by atoms with Gasteiger partial charge in [0.1, 0.15) is 0 Å². The third kappa shape index (κ3) is 6.60. The molecule has 0 aliphatic rings. The maximum Gasteiger partial charge on any atom is 0.251 e. The third-order valence-corrected chi connectivity index (χ3v) is 5.56. The lowest BCUT2D eigenvalue weighted by atomic mass is 9.87. The summed E-state index contributed by atoms with van der Waals surface area (Å²) in [4.78, 5) is 12.1. The van der Waals surface area contributed by atoms with Gasteiger partial charge >= 0.3 is 0 Å². The maximum absolute atomic E-state index is 12.5. The van der Waals surface area contributed by atoms with Gasteiger partial charge in [0.25, 0.3) is 5.91 Å². The summed E-state index contributed by atoms with van der Waals surface area (Å²) in [5.74, 6) is -0.202. The number of hydrogen-bond donors (Lipinski definition) is 3. The molecule has 0 saturated carbocycles. The fraction of sp³-hybridized carbons (Fsp3) is 0.350. The second kappa shape index (κ2) is 10.0. The number of nitrogens with one attached hydrogen (secondary N) is 2. The monoisotopic (exact) mass is 425 g/mol. The van der Waals surface area contributed by atoms with Gasteiger partial charge in [-0.2, -0.15) is 0 Å². The molecule has 0 bridgehead atoms. The van der Waals surface area contributed by atoms with Gasteiger partial charge in [0.15, 0.2) is 0 Å². The molecule has 0 unspecified atom stereocenters. The lowest BCUT2D eigenvalue weighted by Crippen LogP contribution is -2.29. The van der Waals surface area contributed by atoms with Crippen LogP contribution in [0, 0.1) is 0 Å². The predicted molar refractivity (Wildman–Crippen MR) is 114 cm³/mol. The topological polar surface area (TPSA) is 101 Å². The van der Waals surface area contributed by atoms with Crippen LogP contribution in [0.15, 0.2) is 53.4 Å². The van der Waals surface area contributed by atoms with Crippen molar-refractivity contribution in [1.29, 1.82) is 0 Å². The number of halogens is 1. The van der Waals surface area contributed by atoms with Gasteiger partial charge in [0.05, 0.1) is 4.90 Å². The smallest absolute Gasteiger partial charge is 0.251 e. The van der Waals surface area contributed by atoms with Crippen LogP contribution in [0.1, 0.15) is 42.3 Å². The van der Waals surface area contributed by atoms with E-state index < -0.39 is 10.0 Å². The molecule has 0 aromatic heterocycles. The summed E-state index contributed by atoms with van der Waals surface area (Å²) in [6, 6.07) is 13.7. The first-order valence-electron chi connectivity index (χ1n) is 8.81. The average Bonchev–Trinajstić information content (AvgIpc) is 2.64. The zero-order valence-electron chi connectivity index (χ0n) is 16.4. The normalized spacial score (nSPS) is 11.6. The molecule has 0 aliphatic heterocycles. The van der Waals surface area contributed by atoms with E-state index >= 15 is 0 Å². The van der Waals surface area contributed by atoms with Crippen LogP contribution >= 0.6 is 12.4 Å². The molecule has 8 heteroatoms. The highest BCUT2D eigenvalue weighted by Crippen LogP contribution is 2.23. The van der Waals surface area contributed by atoms with E-state index in [0.29, 0.717) is 18.7 Å². The molecule has 1 amide bonds. The van der Waals surface area contributed by atoms with Gasteiger partial charge in [0, 0.05) is 25.2 Å². The molecule has 0 heterocycles. The van der Waals surface area contributed by atoms with E-state index in [1.54, 1.807) is 36.4 Å². The zero-order chi connectivity index (χ0) is 20.1. The van der Waals surface area contributed by atoms with Crippen molar-refractivity contribution in [3.8, 4) is 0 Å². The Morgan fingerprint density at radius 3 is 2.07 bits per heavy atom. The first-order valence-corrected chi connectivity index (χ1v) is 10.3. The Morgan fingerprint density at radius 1 is 1.00 bits per heavy atom. The molecule has 28 heavy (non-hydrogen) atoms. The molecule has 0 fully saturated rings. The molecular weight excluding hydrogens is 398 g/mol. The van der Waals surface area contributed by atoms with Crippen LogP contribution in [-0.2, 0) is 22.0 Å². The Hall–Kier alpha value is -1.93. The predicted octanol–water partition coefficient (Wildman–Crippen LogP) is 2.57. The van der Waals surface area contributed by atoms with Crippen molar-refractivity contribution in [2.24, 2.45) is 5.73 Å². The summed E-state index contributed by atoms with van der Waals surface area (Å²) in [5.41, 5.74) is 7.67. The number of nitrogens with two attached hydrogens (primary N) is 1. The lowest BCUT2D eigenvalue weighted by Gasteiger charge is -2.19. The Morgan fingerprint density at radius 2 is 1.57 bits per heavy atom. The van der Waals surface area contributed by atoms with Crippen molar-refractivity contribution in [3.63, 3.8) is 0 Å². The minimum Gasteiger partial charge on any atom is -0.351 e. The standard InChI is InChI=1S/C20H27N3O3S.ClH/c1-20(2,3)17-8-10-18(11-9-17)27(25,26)23-14-15-4-6-16(7-5-15)19(24)22-13-12-21;/h4-11,23H,12-14,21H2,1-3H3,(H,22,24);1H. The van der Waals surface area contributed by atoms with Gasteiger partial charge in [0.2, 0.25) is 10.0 Å². The molecule has 2 rings (SSSR count). The summed E-state index contributed by atoms with van der Waals surface area (Å²) in [7, 11) is -3.60. The molecule has 6 nitrogen and oxygen atoms in total. The van der Waals surface area contributed by atoms with Crippen LogP contribution in [0.3, 0.4) is 0 Å². The van der Waals surface area contributed by atoms with Crippen LogP contribution in [-0.4, -0.2) is 27.4 Å².